The summed E-state index contributed by atoms with van der Waals surface area (Å²) in [5.41, 5.74) is 2.25. The number of hydrogen-bond donors (Lipinski definition) is 1. The molecule has 0 bridgehead atoms. The van der Waals surface area contributed by atoms with Gasteiger partial charge in [0.1, 0.15) is 0 Å². The largest absolute Gasteiger partial charge is 0.241 e. The van der Waals surface area contributed by atoms with Crippen LogP contribution in [0.4, 0.5) is 0 Å². The fourth-order valence-corrected chi connectivity index (χ4v) is 4.24. The van der Waals surface area contributed by atoms with Crippen molar-refractivity contribution in [3.63, 3.8) is 0 Å². The molecular weight excluding hydrogens is 342 g/mol. The number of sulfonamides is 1. The monoisotopic (exact) mass is 367 g/mol. The first-order valence-electron chi connectivity index (χ1n) is 8.78. The van der Waals surface area contributed by atoms with Crippen LogP contribution in [0.2, 0.25) is 0 Å². The van der Waals surface area contributed by atoms with Gasteiger partial charge in [-0.2, -0.15) is 0 Å². The molecule has 136 valence electrons. The van der Waals surface area contributed by atoms with Crippen LogP contribution in [0.15, 0.2) is 71.6 Å². The molecule has 26 heavy (non-hydrogen) atoms. The standard InChI is InChI=1S/C22H25NO2S/c1-16(17-9-12-20(13-10-17)22(2,3)4)23-26(24,25)21-14-11-18-7-5-6-8-19(18)15-21/h5-16,23H,1-4H3. The Kier molecular flexibility index (Phi) is 4.91. The quantitative estimate of drug-likeness (QED) is 0.691. The van der Waals surface area contributed by atoms with E-state index in [9.17, 15) is 8.42 Å². The highest BCUT2D eigenvalue weighted by molar-refractivity contribution is 7.89. The third kappa shape index (κ3) is 3.97. The third-order valence-electron chi connectivity index (χ3n) is 4.64. The van der Waals surface area contributed by atoms with Gasteiger partial charge in [0, 0.05) is 6.04 Å². The van der Waals surface area contributed by atoms with Crippen LogP contribution in [0.5, 0.6) is 0 Å². The number of hydrogen-bond acceptors (Lipinski definition) is 2. The van der Waals surface area contributed by atoms with Gasteiger partial charge in [-0.15, -0.1) is 0 Å². The minimum Gasteiger partial charge on any atom is -0.207 e. The van der Waals surface area contributed by atoms with E-state index in [0.29, 0.717) is 0 Å². The zero-order chi connectivity index (χ0) is 18.9. The Morgan fingerprint density at radius 2 is 1.46 bits per heavy atom. The second kappa shape index (κ2) is 6.86. The Balaban J connectivity index is 1.83. The Hall–Kier alpha value is -2.17. The summed E-state index contributed by atoms with van der Waals surface area (Å²) in [6, 6.07) is 20.8. The second-order valence-electron chi connectivity index (χ2n) is 7.72. The van der Waals surface area contributed by atoms with Crippen LogP contribution < -0.4 is 4.72 Å². The molecule has 1 unspecified atom stereocenters. The molecule has 0 amide bonds. The molecule has 0 heterocycles. The van der Waals surface area contributed by atoms with Crippen molar-refractivity contribution in [2.24, 2.45) is 0 Å². The van der Waals surface area contributed by atoms with Gasteiger partial charge in [-0.05, 0) is 46.4 Å². The molecule has 0 radical (unpaired) electrons. The SMILES string of the molecule is CC(NS(=O)(=O)c1ccc2ccccc2c1)c1ccc(C(C)(C)C)cc1. The summed E-state index contributed by atoms with van der Waals surface area (Å²) in [6.07, 6.45) is 0. The summed E-state index contributed by atoms with van der Waals surface area (Å²) >= 11 is 0. The van der Waals surface area contributed by atoms with E-state index in [1.807, 2.05) is 49.4 Å². The molecule has 0 saturated heterocycles. The molecule has 3 nitrogen and oxygen atoms in total. The molecule has 0 aliphatic rings. The van der Waals surface area contributed by atoms with Crippen LogP contribution in [0, 0.1) is 0 Å². The van der Waals surface area contributed by atoms with Crippen molar-refractivity contribution in [3.05, 3.63) is 77.9 Å². The minimum atomic E-state index is -3.59. The molecule has 0 saturated carbocycles. The molecule has 1 N–H and O–H groups in total. The average Bonchev–Trinajstić information content (AvgIpc) is 2.60. The molecule has 0 aliphatic carbocycles. The maximum absolute atomic E-state index is 12.8. The average molecular weight is 368 g/mol. The van der Waals surface area contributed by atoms with Gasteiger partial charge in [0.2, 0.25) is 10.0 Å². The maximum atomic E-state index is 12.8. The lowest BCUT2D eigenvalue weighted by Crippen LogP contribution is -2.27. The lowest BCUT2D eigenvalue weighted by molar-refractivity contribution is 0.566. The Morgan fingerprint density at radius 3 is 2.08 bits per heavy atom. The first kappa shape index (κ1) is 18.6. The minimum absolute atomic E-state index is 0.0758. The van der Waals surface area contributed by atoms with Gasteiger partial charge in [0.05, 0.1) is 4.90 Å². The second-order valence-corrected chi connectivity index (χ2v) is 9.44. The molecule has 1 atom stereocenters. The summed E-state index contributed by atoms with van der Waals surface area (Å²) in [4.78, 5) is 0.286. The summed E-state index contributed by atoms with van der Waals surface area (Å²) < 4.78 is 28.3. The number of fused-ring (bicyclic) bond motifs is 1. The molecule has 0 aromatic heterocycles. The van der Waals surface area contributed by atoms with E-state index >= 15 is 0 Å². The van der Waals surface area contributed by atoms with E-state index in [0.717, 1.165) is 16.3 Å². The van der Waals surface area contributed by atoms with Crippen LogP contribution in [0.25, 0.3) is 10.8 Å². The normalized spacial score (nSPS) is 13.7. The smallest absolute Gasteiger partial charge is 0.207 e. The zero-order valence-corrected chi connectivity index (χ0v) is 16.5. The molecule has 0 aliphatic heterocycles. The van der Waals surface area contributed by atoms with Crippen molar-refractivity contribution < 1.29 is 8.42 Å². The highest BCUT2D eigenvalue weighted by Gasteiger charge is 2.19. The topological polar surface area (TPSA) is 46.2 Å². The lowest BCUT2D eigenvalue weighted by atomic mass is 9.86. The molecule has 0 fully saturated rings. The molecule has 3 rings (SSSR count). The van der Waals surface area contributed by atoms with Gasteiger partial charge in [0.15, 0.2) is 0 Å². The third-order valence-corrected chi connectivity index (χ3v) is 6.18. The van der Waals surface area contributed by atoms with E-state index in [2.05, 4.69) is 37.6 Å². The van der Waals surface area contributed by atoms with Gasteiger partial charge in [-0.25, -0.2) is 13.1 Å². The molecule has 3 aromatic carbocycles. The highest BCUT2D eigenvalue weighted by Crippen LogP contribution is 2.25. The molecule has 0 spiro atoms. The Labute approximate surface area is 156 Å². The number of nitrogens with one attached hydrogen (secondary N) is 1. The van der Waals surface area contributed by atoms with Crippen LogP contribution in [0.1, 0.15) is 44.9 Å². The van der Waals surface area contributed by atoms with Gasteiger partial charge in [-0.3, -0.25) is 0 Å². The summed E-state index contributed by atoms with van der Waals surface area (Å²) in [6.45, 7) is 8.35. The van der Waals surface area contributed by atoms with E-state index in [4.69, 9.17) is 0 Å². The predicted octanol–water partition coefficient (Wildman–Crippen LogP) is 5.18. The predicted molar refractivity (Wildman–Crippen MR) is 108 cm³/mol. The fourth-order valence-electron chi connectivity index (χ4n) is 2.98. The highest BCUT2D eigenvalue weighted by atomic mass is 32.2. The van der Waals surface area contributed by atoms with Crippen molar-refractivity contribution >= 4 is 20.8 Å². The van der Waals surface area contributed by atoms with Gasteiger partial charge in [-0.1, -0.05) is 75.4 Å². The van der Waals surface area contributed by atoms with Crippen LogP contribution in [-0.4, -0.2) is 8.42 Å². The molecular formula is C22H25NO2S. The van der Waals surface area contributed by atoms with Crippen molar-refractivity contribution in [1.29, 1.82) is 0 Å². The van der Waals surface area contributed by atoms with E-state index in [1.165, 1.54) is 5.56 Å². The van der Waals surface area contributed by atoms with Crippen molar-refractivity contribution in [1.82, 2.24) is 4.72 Å². The van der Waals surface area contributed by atoms with Crippen molar-refractivity contribution in [2.75, 3.05) is 0 Å². The summed E-state index contributed by atoms with van der Waals surface area (Å²) in [5, 5.41) is 1.94. The van der Waals surface area contributed by atoms with Gasteiger partial charge in [0.25, 0.3) is 0 Å². The zero-order valence-electron chi connectivity index (χ0n) is 15.7. The lowest BCUT2D eigenvalue weighted by Gasteiger charge is -2.20. The van der Waals surface area contributed by atoms with E-state index < -0.39 is 10.0 Å². The number of benzene rings is 3. The van der Waals surface area contributed by atoms with Crippen molar-refractivity contribution in [3.8, 4) is 0 Å². The summed E-state index contributed by atoms with van der Waals surface area (Å²) in [7, 11) is -3.59. The van der Waals surface area contributed by atoms with Gasteiger partial charge < -0.3 is 0 Å². The molecule has 3 aromatic rings. The first-order valence-corrected chi connectivity index (χ1v) is 10.3. The molecule has 4 heteroatoms. The fraction of sp³-hybridized carbons (Fsp3) is 0.273. The van der Waals surface area contributed by atoms with E-state index in [-0.39, 0.29) is 16.4 Å². The van der Waals surface area contributed by atoms with Gasteiger partial charge >= 0.3 is 0 Å². The van der Waals surface area contributed by atoms with Crippen molar-refractivity contribution in [2.45, 2.75) is 44.0 Å². The first-order chi connectivity index (χ1) is 12.2. The van der Waals surface area contributed by atoms with E-state index in [1.54, 1.807) is 12.1 Å². The van der Waals surface area contributed by atoms with Crippen LogP contribution in [0.3, 0.4) is 0 Å². The number of rotatable bonds is 4. The summed E-state index contributed by atoms with van der Waals surface area (Å²) in [5.74, 6) is 0. The van der Waals surface area contributed by atoms with Crippen LogP contribution >= 0.6 is 0 Å². The Bertz CT molecular complexity index is 1020. The van der Waals surface area contributed by atoms with Crippen LogP contribution in [-0.2, 0) is 15.4 Å². The Morgan fingerprint density at radius 1 is 0.846 bits per heavy atom. The maximum Gasteiger partial charge on any atom is 0.241 e.